The van der Waals surface area contributed by atoms with Gasteiger partial charge in [-0.15, -0.1) is 5.10 Å². The van der Waals surface area contributed by atoms with Crippen LogP contribution < -0.4 is 5.73 Å². The Morgan fingerprint density at radius 1 is 1.18 bits per heavy atom. The molecule has 1 amide bonds. The fourth-order valence-corrected chi connectivity index (χ4v) is 3.89. The van der Waals surface area contributed by atoms with E-state index in [1.807, 2.05) is 55.4 Å². The van der Waals surface area contributed by atoms with Gasteiger partial charge in [0.05, 0.1) is 12.3 Å². The Balaban J connectivity index is 1.59. The first-order valence-corrected chi connectivity index (χ1v) is 11.1. The SMILES string of the molecule is CN(C)C(=O)c1ccc(C2=NC(C3OC(c4cccc(CCO)c4)=NN3C)=C(N)N(C)C2)cc1. The molecule has 2 aromatic carbocycles. The lowest BCUT2D eigenvalue weighted by atomic mass is 10.0. The molecule has 0 fully saturated rings. The lowest BCUT2D eigenvalue weighted by Gasteiger charge is -2.30. The highest BCUT2D eigenvalue weighted by atomic mass is 16.5. The molecule has 0 saturated carbocycles. The van der Waals surface area contributed by atoms with E-state index in [-0.39, 0.29) is 12.5 Å². The van der Waals surface area contributed by atoms with Gasteiger partial charge in [0, 0.05) is 45.9 Å². The maximum absolute atomic E-state index is 12.2. The second-order valence-corrected chi connectivity index (χ2v) is 8.58. The highest BCUT2D eigenvalue weighted by molar-refractivity contribution is 6.04. The summed E-state index contributed by atoms with van der Waals surface area (Å²) in [7, 11) is 7.19. The molecule has 1 atom stereocenters. The fourth-order valence-electron chi connectivity index (χ4n) is 3.89. The molecule has 2 aliphatic rings. The molecular formula is C25H30N6O3. The van der Waals surface area contributed by atoms with Gasteiger partial charge in [0.25, 0.3) is 5.91 Å². The summed E-state index contributed by atoms with van der Waals surface area (Å²) in [6.07, 6.45) is -0.0144. The Labute approximate surface area is 199 Å². The Hall–Kier alpha value is -3.85. The van der Waals surface area contributed by atoms with E-state index in [9.17, 15) is 9.90 Å². The molecule has 178 valence electrons. The number of carbonyl (C=O) groups is 1. The molecule has 2 aliphatic heterocycles. The lowest BCUT2D eigenvalue weighted by molar-refractivity contribution is 0.0827. The molecule has 0 bridgehead atoms. The first kappa shape index (κ1) is 23.3. The van der Waals surface area contributed by atoms with Crippen LogP contribution in [0.3, 0.4) is 0 Å². The molecule has 0 radical (unpaired) electrons. The molecule has 4 rings (SSSR count). The third-order valence-electron chi connectivity index (χ3n) is 5.81. The van der Waals surface area contributed by atoms with Crippen molar-refractivity contribution in [3.63, 3.8) is 0 Å². The summed E-state index contributed by atoms with van der Waals surface area (Å²) in [6, 6.07) is 15.2. The van der Waals surface area contributed by atoms with Crippen molar-refractivity contribution in [3.05, 3.63) is 82.3 Å². The Bertz CT molecular complexity index is 1170. The zero-order valence-corrected chi connectivity index (χ0v) is 19.9. The van der Waals surface area contributed by atoms with E-state index < -0.39 is 6.23 Å². The van der Waals surface area contributed by atoms with Crippen molar-refractivity contribution in [2.75, 3.05) is 41.3 Å². The maximum Gasteiger partial charge on any atom is 0.253 e. The number of carbonyl (C=O) groups excluding carboxylic acids is 1. The molecular weight excluding hydrogens is 432 g/mol. The van der Waals surface area contributed by atoms with Crippen molar-refractivity contribution in [1.29, 1.82) is 0 Å². The van der Waals surface area contributed by atoms with E-state index in [0.29, 0.717) is 35.9 Å². The van der Waals surface area contributed by atoms with Gasteiger partial charge in [-0.25, -0.2) is 4.99 Å². The number of hydrogen-bond donors (Lipinski definition) is 2. The van der Waals surface area contributed by atoms with Gasteiger partial charge in [0.1, 0.15) is 11.5 Å². The van der Waals surface area contributed by atoms with Crippen molar-refractivity contribution in [2.45, 2.75) is 12.6 Å². The summed E-state index contributed by atoms with van der Waals surface area (Å²) in [4.78, 5) is 20.5. The smallest absolute Gasteiger partial charge is 0.253 e. The van der Waals surface area contributed by atoms with E-state index in [4.69, 9.17) is 15.5 Å². The number of aliphatic hydroxyl groups is 1. The number of hydrazone groups is 1. The third kappa shape index (κ3) is 4.60. The zero-order valence-electron chi connectivity index (χ0n) is 19.9. The topological polar surface area (TPSA) is 107 Å². The van der Waals surface area contributed by atoms with Crippen LogP contribution in [0.1, 0.15) is 27.0 Å². The highest BCUT2D eigenvalue weighted by Gasteiger charge is 2.34. The maximum atomic E-state index is 12.2. The molecule has 1 unspecified atom stereocenters. The van der Waals surface area contributed by atoms with Crippen molar-refractivity contribution >= 4 is 17.5 Å². The summed E-state index contributed by atoms with van der Waals surface area (Å²) >= 11 is 0. The fraction of sp³-hybridized carbons (Fsp3) is 0.320. The number of likely N-dealkylation sites (N-methyl/N-ethyl adjacent to an activating group) is 2. The number of hydrogen-bond acceptors (Lipinski definition) is 8. The number of aliphatic imine (C=N–C) groups is 1. The van der Waals surface area contributed by atoms with E-state index in [1.165, 1.54) is 0 Å². The van der Waals surface area contributed by atoms with Crippen LogP contribution in [0.2, 0.25) is 0 Å². The number of benzene rings is 2. The van der Waals surface area contributed by atoms with Gasteiger partial charge in [-0.3, -0.25) is 9.80 Å². The van der Waals surface area contributed by atoms with Crippen molar-refractivity contribution in [3.8, 4) is 0 Å². The minimum absolute atomic E-state index is 0.0483. The highest BCUT2D eigenvalue weighted by Crippen LogP contribution is 2.27. The number of ether oxygens (including phenoxy) is 1. The monoisotopic (exact) mass is 462 g/mol. The van der Waals surface area contributed by atoms with Crippen LogP contribution >= 0.6 is 0 Å². The van der Waals surface area contributed by atoms with Crippen molar-refractivity contribution < 1.29 is 14.6 Å². The quantitative estimate of drug-likeness (QED) is 0.673. The minimum atomic E-state index is -0.580. The summed E-state index contributed by atoms with van der Waals surface area (Å²) in [5, 5.41) is 15.5. The molecule has 0 aromatic heterocycles. The molecule has 0 aliphatic carbocycles. The van der Waals surface area contributed by atoms with Crippen molar-refractivity contribution in [1.82, 2.24) is 14.8 Å². The predicted molar refractivity (Wildman–Crippen MR) is 131 cm³/mol. The van der Waals surface area contributed by atoms with Gasteiger partial charge in [0.15, 0.2) is 0 Å². The first-order chi connectivity index (χ1) is 16.3. The van der Waals surface area contributed by atoms with Gasteiger partial charge in [-0.2, -0.15) is 0 Å². The van der Waals surface area contributed by atoms with Crippen LogP contribution in [-0.4, -0.2) is 85.0 Å². The molecule has 3 N–H and O–H groups in total. The van der Waals surface area contributed by atoms with Crippen LogP contribution in [0.4, 0.5) is 0 Å². The van der Waals surface area contributed by atoms with Gasteiger partial charge in [0.2, 0.25) is 12.1 Å². The lowest BCUT2D eigenvalue weighted by Crippen LogP contribution is -2.39. The average molecular weight is 463 g/mol. The zero-order chi connectivity index (χ0) is 24.4. The van der Waals surface area contributed by atoms with Crippen LogP contribution in [-0.2, 0) is 11.2 Å². The van der Waals surface area contributed by atoms with Crippen molar-refractivity contribution in [2.24, 2.45) is 15.8 Å². The summed E-state index contributed by atoms with van der Waals surface area (Å²) in [6.45, 7) is 0.612. The van der Waals surface area contributed by atoms with E-state index in [0.717, 1.165) is 22.4 Å². The predicted octanol–water partition coefficient (Wildman–Crippen LogP) is 1.44. The molecule has 2 aromatic rings. The van der Waals surface area contributed by atoms with E-state index in [1.54, 1.807) is 36.1 Å². The number of nitrogens with two attached hydrogens (primary N) is 1. The van der Waals surface area contributed by atoms with Gasteiger partial charge in [-0.05, 0) is 41.8 Å². The van der Waals surface area contributed by atoms with Crippen LogP contribution in [0.15, 0.2) is 70.1 Å². The molecule has 9 heteroatoms. The summed E-state index contributed by atoms with van der Waals surface area (Å²) in [5.41, 5.74) is 11.2. The standard InChI is InChI=1S/C25H30N6O3/c1-29(2)24(33)18-10-8-17(9-11-18)20-15-30(3)22(26)21(27-20)25-31(4)28-23(34-25)19-7-5-6-16(14-19)12-13-32/h5-11,14,25,32H,12-13,15,26H2,1-4H3. The summed E-state index contributed by atoms with van der Waals surface area (Å²) < 4.78 is 6.20. The third-order valence-corrected chi connectivity index (χ3v) is 5.81. The molecule has 34 heavy (non-hydrogen) atoms. The van der Waals surface area contributed by atoms with Gasteiger partial charge < -0.3 is 25.4 Å². The van der Waals surface area contributed by atoms with Gasteiger partial charge >= 0.3 is 0 Å². The number of rotatable bonds is 6. The van der Waals surface area contributed by atoms with E-state index in [2.05, 4.69) is 5.10 Å². The minimum Gasteiger partial charge on any atom is -0.444 e. The largest absolute Gasteiger partial charge is 0.444 e. The van der Waals surface area contributed by atoms with Gasteiger partial charge in [-0.1, -0.05) is 24.3 Å². The molecule has 9 nitrogen and oxygen atoms in total. The summed E-state index contributed by atoms with van der Waals surface area (Å²) in [5.74, 6) is 0.947. The molecule has 0 spiro atoms. The normalized spacial score (nSPS) is 18.0. The molecule has 0 saturated heterocycles. The Morgan fingerprint density at radius 3 is 2.59 bits per heavy atom. The van der Waals surface area contributed by atoms with Crippen LogP contribution in [0.5, 0.6) is 0 Å². The first-order valence-electron chi connectivity index (χ1n) is 11.1. The Kier molecular flexibility index (Phi) is 6.56. The second kappa shape index (κ2) is 9.56. The second-order valence-electron chi connectivity index (χ2n) is 8.58. The average Bonchev–Trinajstić information content (AvgIpc) is 3.22. The number of amides is 1. The number of aliphatic hydroxyl groups excluding tert-OH is 1. The van der Waals surface area contributed by atoms with Crippen LogP contribution in [0.25, 0.3) is 0 Å². The number of nitrogens with zero attached hydrogens (tertiary/aromatic N) is 5. The van der Waals surface area contributed by atoms with E-state index >= 15 is 0 Å². The van der Waals surface area contributed by atoms with Crippen LogP contribution in [0, 0.1) is 0 Å². The molecule has 2 heterocycles. The Morgan fingerprint density at radius 2 is 1.91 bits per heavy atom.